The first-order chi connectivity index (χ1) is 13.1. The second-order valence-corrected chi connectivity index (χ2v) is 6.43. The van der Waals surface area contributed by atoms with Gasteiger partial charge in [0.2, 0.25) is 0 Å². The first-order valence-electron chi connectivity index (χ1n) is 9.04. The van der Waals surface area contributed by atoms with E-state index in [1.54, 1.807) is 14.2 Å². The quantitative estimate of drug-likeness (QED) is 0.525. The molecule has 2 rings (SSSR count). The summed E-state index contributed by atoms with van der Waals surface area (Å²) in [6.45, 7) is 2.91. The summed E-state index contributed by atoms with van der Waals surface area (Å²) >= 11 is 0. The molecule has 6 heteroatoms. The Morgan fingerprint density at radius 1 is 0.963 bits per heavy atom. The third-order valence-electron chi connectivity index (χ3n) is 3.98. The molecule has 0 radical (unpaired) electrons. The maximum atomic E-state index is 5.79. The number of nitrogens with one attached hydrogen (secondary N) is 2. The number of guanidine groups is 1. The van der Waals surface area contributed by atoms with Gasteiger partial charge in [0.1, 0.15) is 18.1 Å². The molecule has 0 aliphatic heterocycles. The number of rotatable bonds is 9. The van der Waals surface area contributed by atoms with Gasteiger partial charge in [-0.15, -0.1) is 0 Å². The molecule has 146 valence electrons. The molecular formula is C21H30N4O2. The second-order valence-electron chi connectivity index (χ2n) is 6.43. The average Bonchev–Trinajstić information content (AvgIpc) is 2.68. The van der Waals surface area contributed by atoms with E-state index in [-0.39, 0.29) is 0 Å². The van der Waals surface area contributed by atoms with E-state index in [0.29, 0.717) is 19.7 Å². The highest BCUT2D eigenvalue weighted by atomic mass is 16.5. The van der Waals surface area contributed by atoms with Crippen molar-refractivity contribution in [1.29, 1.82) is 0 Å². The number of nitrogens with zero attached hydrogens (tertiary/aromatic N) is 2. The zero-order chi connectivity index (χ0) is 19.5. The van der Waals surface area contributed by atoms with Crippen molar-refractivity contribution in [2.75, 3.05) is 41.4 Å². The van der Waals surface area contributed by atoms with Crippen molar-refractivity contribution < 1.29 is 9.47 Å². The number of aliphatic imine (C=N–C) groups is 1. The van der Waals surface area contributed by atoms with Crippen LogP contribution in [0.15, 0.2) is 53.5 Å². The first kappa shape index (κ1) is 20.6. The van der Waals surface area contributed by atoms with E-state index in [0.717, 1.165) is 35.1 Å². The van der Waals surface area contributed by atoms with Crippen LogP contribution in [0.4, 0.5) is 0 Å². The number of likely N-dealkylation sites (N-methyl/N-ethyl adjacent to an activating group) is 1. The van der Waals surface area contributed by atoms with Gasteiger partial charge in [-0.1, -0.05) is 24.3 Å². The van der Waals surface area contributed by atoms with E-state index >= 15 is 0 Å². The van der Waals surface area contributed by atoms with Crippen molar-refractivity contribution in [2.45, 2.75) is 13.1 Å². The predicted octanol–water partition coefficient (Wildman–Crippen LogP) is 2.50. The summed E-state index contributed by atoms with van der Waals surface area (Å²) in [6.07, 6.45) is 0. The van der Waals surface area contributed by atoms with Gasteiger partial charge in [0.05, 0.1) is 7.11 Å². The smallest absolute Gasteiger partial charge is 0.191 e. The lowest BCUT2D eigenvalue weighted by molar-refractivity contribution is 0.261. The van der Waals surface area contributed by atoms with Crippen LogP contribution in [-0.4, -0.2) is 52.3 Å². The summed E-state index contributed by atoms with van der Waals surface area (Å²) in [7, 11) is 7.51. The maximum Gasteiger partial charge on any atom is 0.191 e. The molecule has 0 bridgehead atoms. The van der Waals surface area contributed by atoms with Gasteiger partial charge in [-0.3, -0.25) is 4.99 Å². The molecule has 2 aromatic carbocycles. The number of hydrogen-bond acceptors (Lipinski definition) is 4. The normalized spacial score (nSPS) is 11.4. The molecule has 0 fully saturated rings. The van der Waals surface area contributed by atoms with Gasteiger partial charge >= 0.3 is 0 Å². The minimum absolute atomic E-state index is 0.669. The van der Waals surface area contributed by atoms with Crippen LogP contribution >= 0.6 is 0 Å². The molecule has 27 heavy (non-hydrogen) atoms. The Balaban J connectivity index is 1.83. The Hall–Kier alpha value is -2.73. The number of ether oxygens (including phenoxy) is 2. The van der Waals surface area contributed by atoms with Crippen LogP contribution < -0.4 is 20.1 Å². The van der Waals surface area contributed by atoms with Crippen LogP contribution in [-0.2, 0) is 13.1 Å². The zero-order valence-corrected chi connectivity index (χ0v) is 16.7. The van der Waals surface area contributed by atoms with Gasteiger partial charge in [-0.05, 0) is 49.5 Å². The SMILES string of the molecule is CN=C(NCc1cccc(OC)c1)NCc1cccc(OCCN(C)C)c1. The highest BCUT2D eigenvalue weighted by Gasteiger charge is 2.02. The fourth-order valence-electron chi connectivity index (χ4n) is 2.47. The fourth-order valence-corrected chi connectivity index (χ4v) is 2.47. The van der Waals surface area contributed by atoms with Crippen molar-refractivity contribution >= 4 is 5.96 Å². The van der Waals surface area contributed by atoms with Gasteiger partial charge in [0, 0.05) is 26.7 Å². The molecule has 0 heterocycles. The van der Waals surface area contributed by atoms with Crippen molar-refractivity contribution in [3.05, 3.63) is 59.7 Å². The number of methoxy groups -OCH3 is 1. The van der Waals surface area contributed by atoms with E-state index < -0.39 is 0 Å². The summed E-state index contributed by atoms with van der Waals surface area (Å²) in [5, 5.41) is 6.65. The third kappa shape index (κ3) is 7.58. The molecule has 0 saturated heterocycles. The van der Waals surface area contributed by atoms with Gasteiger partial charge in [0.25, 0.3) is 0 Å². The molecule has 0 atom stereocenters. The van der Waals surface area contributed by atoms with Gasteiger partial charge < -0.3 is 25.0 Å². The fraction of sp³-hybridized carbons (Fsp3) is 0.381. The molecule has 0 aliphatic carbocycles. The van der Waals surface area contributed by atoms with Gasteiger partial charge in [-0.2, -0.15) is 0 Å². The molecular weight excluding hydrogens is 340 g/mol. The molecule has 0 spiro atoms. The van der Waals surface area contributed by atoms with Crippen LogP contribution in [0.3, 0.4) is 0 Å². The molecule has 0 unspecified atom stereocenters. The monoisotopic (exact) mass is 370 g/mol. The zero-order valence-electron chi connectivity index (χ0n) is 16.7. The second kappa shape index (κ2) is 11.1. The first-order valence-corrected chi connectivity index (χ1v) is 9.04. The lowest BCUT2D eigenvalue weighted by Crippen LogP contribution is -2.36. The van der Waals surface area contributed by atoms with E-state index in [4.69, 9.17) is 9.47 Å². The van der Waals surface area contributed by atoms with Crippen molar-refractivity contribution in [1.82, 2.24) is 15.5 Å². The van der Waals surface area contributed by atoms with E-state index in [9.17, 15) is 0 Å². The van der Waals surface area contributed by atoms with Crippen molar-refractivity contribution in [2.24, 2.45) is 4.99 Å². The summed E-state index contributed by atoms with van der Waals surface area (Å²) in [5.74, 6) is 2.48. The average molecular weight is 370 g/mol. The summed E-state index contributed by atoms with van der Waals surface area (Å²) in [5.41, 5.74) is 2.27. The third-order valence-corrected chi connectivity index (χ3v) is 3.98. The summed E-state index contributed by atoms with van der Waals surface area (Å²) in [6, 6.07) is 16.1. The van der Waals surface area contributed by atoms with Crippen LogP contribution in [0.25, 0.3) is 0 Å². The van der Waals surface area contributed by atoms with Crippen molar-refractivity contribution in [3.8, 4) is 11.5 Å². The highest BCUT2D eigenvalue weighted by molar-refractivity contribution is 5.79. The Bertz CT molecular complexity index is 732. The largest absolute Gasteiger partial charge is 0.497 e. The standard InChI is InChI=1S/C21H30N4O2/c1-22-21(23-15-17-7-5-9-19(13-17)26-4)24-16-18-8-6-10-20(14-18)27-12-11-25(2)3/h5-10,13-14H,11-12,15-16H2,1-4H3,(H2,22,23,24). The van der Waals surface area contributed by atoms with Crippen LogP contribution in [0, 0.1) is 0 Å². The molecule has 6 nitrogen and oxygen atoms in total. The number of benzene rings is 2. The minimum atomic E-state index is 0.669. The molecule has 2 N–H and O–H groups in total. The summed E-state index contributed by atoms with van der Waals surface area (Å²) < 4.78 is 11.0. The maximum absolute atomic E-state index is 5.79. The van der Waals surface area contributed by atoms with Gasteiger partial charge in [-0.25, -0.2) is 0 Å². The minimum Gasteiger partial charge on any atom is -0.497 e. The van der Waals surface area contributed by atoms with Crippen LogP contribution in [0.1, 0.15) is 11.1 Å². The predicted molar refractivity (Wildman–Crippen MR) is 111 cm³/mol. The van der Waals surface area contributed by atoms with Crippen molar-refractivity contribution in [3.63, 3.8) is 0 Å². The molecule has 2 aromatic rings. The Morgan fingerprint density at radius 3 is 2.11 bits per heavy atom. The summed E-state index contributed by atoms with van der Waals surface area (Å²) in [4.78, 5) is 6.38. The Kier molecular flexibility index (Phi) is 8.45. The van der Waals surface area contributed by atoms with E-state index in [1.165, 1.54) is 0 Å². The topological polar surface area (TPSA) is 58.1 Å². The molecule has 0 saturated carbocycles. The molecule has 0 amide bonds. The Labute approximate surface area is 162 Å². The lowest BCUT2D eigenvalue weighted by Gasteiger charge is -2.14. The molecule has 0 aliphatic rings. The van der Waals surface area contributed by atoms with E-state index in [1.807, 2.05) is 44.4 Å². The Morgan fingerprint density at radius 2 is 1.56 bits per heavy atom. The highest BCUT2D eigenvalue weighted by Crippen LogP contribution is 2.14. The molecule has 0 aromatic heterocycles. The van der Waals surface area contributed by atoms with Crippen LogP contribution in [0.2, 0.25) is 0 Å². The van der Waals surface area contributed by atoms with Gasteiger partial charge in [0.15, 0.2) is 5.96 Å². The number of hydrogen-bond donors (Lipinski definition) is 2. The van der Waals surface area contributed by atoms with Crippen LogP contribution in [0.5, 0.6) is 11.5 Å². The van der Waals surface area contributed by atoms with E-state index in [2.05, 4.69) is 38.7 Å². The lowest BCUT2D eigenvalue weighted by atomic mass is 10.2.